The fourth-order valence-electron chi connectivity index (χ4n) is 1.79. The number of halogens is 3. The summed E-state index contributed by atoms with van der Waals surface area (Å²) >= 11 is -0.232. The Balaban J connectivity index is 2.05. The molecule has 1 aromatic carbocycles. The third-order valence-electron chi connectivity index (χ3n) is 2.66. The lowest BCUT2D eigenvalue weighted by molar-refractivity contribution is -0.123. The van der Waals surface area contributed by atoms with Crippen LogP contribution in [0.3, 0.4) is 0 Å². The van der Waals surface area contributed by atoms with Gasteiger partial charge in [0.15, 0.2) is 0 Å². The van der Waals surface area contributed by atoms with Crippen molar-refractivity contribution in [1.82, 2.24) is 10.2 Å². The van der Waals surface area contributed by atoms with E-state index < -0.39 is 5.51 Å². The lowest BCUT2D eigenvalue weighted by Gasteiger charge is -2.26. The molecule has 20 heavy (non-hydrogen) atoms. The third kappa shape index (κ3) is 3.89. The van der Waals surface area contributed by atoms with Gasteiger partial charge in [-0.15, -0.1) is 0 Å². The molecule has 2 rings (SSSR count). The number of rotatable bonds is 2. The molecule has 2 amide bonds. The highest BCUT2D eigenvalue weighted by Crippen LogP contribution is 2.36. The average Bonchev–Trinajstić information content (AvgIpc) is 2.37. The molecule has 1 heterocycles. The monoisotopic (exact) mass is 304 g/mol. The van der Waals surface area contributed by atoms with E-state index in [-0.39, 0.29) is 40.6 Å². The summed E-state index contributed by atoms with van der Waals surface area (Å²) in [7, 11) is 0. The van der Waals surface area contributed by atoms with E-state index in [9.17, 15) is 22.8 Å². The number of nitrogens with one attached hydrogen (secondary N) is 1. The lowest BCUT2D eigenvalue weighted by Crippen LogP contribution is -2.49. The van der Waals surface area contributed by atoms with Crippen molar-refractivity contribution >= 4 is 23.6 Å². The minimum absolute atomic E-state index is 0.0189. The highest BCUT2D eigenvalue weighted by Gasteiger charge is 2.29. The molecule has 1 aromatic rings. The normalized spacial score (nSPS) is 15.9. The van der Waals surface area contributed by atoms with E-state index in [1.807, 2.05) is 0 Å². The summed E-state index contributed by atoms with van der Waals surface area (Å²) in [6, 6.07) is 5.16. The zero-order valence-electron chi connectivity index (χ0n) is 10.2. The summed E-state index contributed by atoms with van der Waals surface area (Å²) < 4.78 is 36.5. The first kappa shape index (κ1) is 14.7. The predicted octanol–water partition coefficient (Wildman–Crippen LogP) is 1.87. The van der Waals surface area contributed by atoms with Crippen molar-refractivity contribution in [3.8, 4) is 0 Å². The largest absolute Gasteiger partial charge is 0.446 e. The Morgan fingerprint density at radius 1 is 1.25 bits per heavy atom. The average molecular weight is 304 g/mol. The summed E-state index contributed by atoms with van der Waals surface area (Å²) in [5.74, 6) is -0.600. The Hall–Kier alpha value is -1.70. The summed E-state index contributed by atoms with van der Waals surface area (Å²) in [6.07, 6.45) is 0. The van der Waals surface area contributed by atoms with Crippen molar-refractivity contribution in [3.05, 3.63) is 29.8 Å². The number of carbonyl (C=O) groups excluding carboxylic acids is 2. The first-order chi connectivity index (χ1) is 9.35. The van der Waals surface area contributed by atoms with Gasteiger partial charge in [-0.05, 0) is 36.0 Å². The molecule has 0 saturated carbocycles. The van der Waals surface area contributed by atoms with Gasteiger partial charge in [-0.2, -0.15) is 13.2 Å². The van der Waals surface area contributed by atoms with Gasteiger partial charge < -0.3 is 10.2 Å². The number of hydrogen-bond acceptors (Lipinski definition) is 3. The van der Waals surface area contributed by atoms with Crippen LogP contribution >= 0.6 is 11.8 Å². The number of benzene rings is 1. The number of thioether (sulfide) groups is 1. The molecule has 1 aliphatic heterocycles. The van der Waals surface area contributed by atoms with Crippen LogP contribution in [0.4, 0.5) is 13.2 Å². The molecule has 0 aromatic heterocycles. The molecule has 0 aliphatic carbocycles. The van der Waals surface area contributed by atoms with Crippen LogP contribution in [0.5, 0.6) is 0 Å². The highest BCUT2D eigenvalue weighted by molar-refractivity contribution is 8.00. The Bertz CT molecular complexity index is 516. The first-order valence-electron chi connectivity index (χ1n) is 5.77. The van der Waals surface area contributed by atoms with Gasteiger partial charge in [0.05, 0.1) is 6.54 Å². The van der Waals surface area contributed by atoms with Crippen molar-refractivity contribution in [2.24, 2.45) is 0 Å². The second-order valence-corrected chi connectivity index (χ2v) is 5.29. The molecule has 8 heteroatoms. The Kier molecular flexibility index (Phi) is 4.22. The minimum Gasteiger partial charge on any atom is -0.353 e. The zero-order chi connectivity index (χ0) is 14.8. The Labute approximate surface area is 117 Å². The molecule has 0 unspecified atom stereocenters. The fraction of sp³-hybridized carbons (Fsp3) is 0.333. The van der Waals surface area contributed by atoms with E-state index >= 15 is 0 Å². The number of piperazine rings is 1. The fourth-order valence-corrected chi connectivity index (χ4v) is 2.33. The van der Waals surface area contributed by atoms with Gasteiger partial charge in [0, 0.05) is 23.5 Å². The van der Waals surface area contributed by atoms with E-state index in [1.54, 1.807) is 0 Å². The number of nitrogens with zero attached hydrogens (tertiary/aromatic N) is 1. The molecule has 1 saturated heterocycles. The van der Waals surface area contributed by atoms with E-state index in [0.717, 1.165) is 0 Å². The molecule has 1 aliphatic rings. The quantitative estimate of drug-likeness (QED) is 0.849. The second-order valence-electron chi connectivity index (χ2n) is 4.15. The first-order valence-corrected chi connectivity index (χ1v) is 6.58. The van der Waals surface area contributed by atoms with Crippen LogP contribution in [-0.2, 0) is 4.79 Å². The minimum atomic E-state index is -4.35. The van der Waals surface area contributed by atoms with Gasteiger partial charge in [-0.25, -0.2) is 0 Å². The molecule has 0 spiro atoms. The van der Waals surface area contributed by atoms with Crippen molar-refractivity contribution in [2.75, 3.05) is 19.6 Å². The van der Waals surface area contributed by atoms with Crippen LogP contribution < -0.4 is 5.32 Å². The predicted molar refractivity (Wildman–Crippen MR) is 67.3 cm³/mol. The van der Waals surface area contributed by atoms with Crippen molar-refractivity contribution < 1.29 is 22.8 Å². The topological polar surface area (TPSA) is 49.4 Å². The number of amides is 2. The SMILES string of the molecule is O=C1CN(C(=O)c2ccc(SC(F)(F)F)cc2)CCN1. The van der Waals surface area contributed by atoms with E-state index in [0.29, 0.717) is 13.1 Å². The number of alkyl halides is 3. The maximum absolute atomic E-state index is 12.2. The molecule has 1 N–H and O–H groups in total. The smallest absolute Gasteiger partial charge is 0.353 e. The summed E-state index contributed by atoms with van der Waals surface area (Å²) in [5.41, 5.74) is -4.08. The van der Waals surface area contributed by atoms with Crippen LogP contribution in [0.15, 0.2) is 29.2 Å². The van der Waals surface area contributed by atoms with Crippen LogP contribution in [0.25, 0.3) is 0 Å². The molecule has 0 radical (unpaired) electrons. The van der Waals surface area contributed by atoms with Crippen LogP contribution in [0.1, 0.15) is 10.4 Å². The second kappa shape index (κ2) is 5.74. The van der Waals surface area contributed by atoms with E-state index in [1.165, 1.54) is 29.2 Å². The molecule has 4 nitrogen and oxygen atoms in total. The molecule has 0 bridgehead atoms. The van der Waals surface area contributed by atoms with Crippen LogP contribution in [-0.4, -0.2) is 41.9 Å². The van der Waals surface area contributed by atoms with Gasteiger partial charge >= 0.3 is 5.51 Å². The van der Waals surface area contributed by atoms with Crippen molar-refractivity contribution in [2.45, 2.75) is 10.4 Å². The summed E-state index contributed by atoms with van der Waals surface area (Å²) in [6.45, 7) is 0.744. The summed E-state index contributed by atoms with van der Waals surface area (Å²) in [4.78, 5) is 24.6. The van der Waals surface area contributed by atoms with Crippen LogP contribution in [0, 0.1) is 0 Å². The molecular weight excluding hydrogens is 293 g/mol. The van der Waals surface area contributed by atoms with Gasteiger partial charge in [-0.3, -0.25) is 9.59 Å². The van der Waals surface area contributed by atoms with E-state index in [2.05, 4.69) is 5.32 Å². The van der Waals surface area contributed by atoms with E-state index in [4.69, 9.17) is 0 Å². The van der Waals surface area contributed by atoms with Crippen molar-refractivity contribution in [3.63, 3.8) is 0 Å². The number of hydrogen-bond donors (Lipinski definition) is 1. The van der Waals surface area contributed by atoms with Gasteiger partial charge in [0.1, 0.15) is 0 Å². The molecule has 1 fully saturated rings. The molecule has 0 atom stereocenters. The maximum atomic E-state index is 12.2. The van der Waals surface area contributed by atoms with Gasteiger partial charge in [0.2, 0.25) is 5.91 Å². The standard InChI is InChI=1S/C12H11F3N2O2S/c13-12(14,15)20-9-3-1-8(2-4-9)11(19)17-6-5-16-10(18)7-17/h1-4H,5-7H2,(H,16,18). The van der Waals surface area contributed by atoms with Gasteiger partial charge in [0.25, 0.3) is 5.91 Å². The van der Waals surface area contributed by atoms with Gasteiger partial charge in [-0.1, -0.05) is 0 Å². The molecule has 108 valence electrons. The van der Waals surface area contributed by atoms with Crippen molar-refractivity contribution in [1.29, 1.82) is 0 Å². The highest BCUT2D eigenvalue weighted by atomic mass is 32.2. The maximum Gasteiger partial charge on any atom is 0.446 e. The Morgan fingerprint density at radius 2 is 1.90 bits per heavy atom. The zero-order valence-corrected chi connectivity index (χ0v) is 11.1. The van der Waals surface area contributed by atoms with Crippen LogP contribution in [0.2, 0.25) is 0 Å². The number of carbonyl (C=O) groups is 2. The Morgan fingerprint density at radius 3 is 2.45 bits per heavy atom. The summed E-state index contributed by atoms with van der Waals surface area (Å²) in [5, 5.41) is 2.59. The lowest BCUT2D eigenvalue weighted by atomic mass is 10.2. The molecular formula is C12H11F3N2O2S. The third-order valence-corrected chi connectivity index (χ3v) is 3.40.